The van der Waals surface area contributed by atoms with E-state index in [9.17, 15) is 0 Å². The van der Waals surface area contributed by atoms with Gasteiger partial charge in [-0.3, -0.25) is 0 Å². The molecule has 80 valence electrons. The van der Waals surface area contributed by atoms with Crippen LogP contribution in [0.1, 0.15) is 33.1 Å². The molecule has 1 aliphatic carbocycles. The van der Waals surface area contributed by atoms with Crippen molar-refractivity contribution in [2.75, 3.05) is 19.6 Å². The fourth-order valence-corrected chi connectivity index (χ4v) is 1.56. The van der Waals surface area contributed by atoms with E-state index >= 15 is 0 Å². The molecule has 1 aliphatic rings. The monoisotopic (exact) mass is 196 g/mol. The Morgan fingerprint density at radius 1 is 1.43 bits per heavy atom. The van der Waals surface area contributed by atoms with Crippen molar-refractivity contribution in [1.82, 2.24) is 4.90 Å². The van der Waals surface area contributed by atoms with Crippen LogP contribution in [0.4, 0.5) is 0 Å². The highest BCUT2D eigenvalue weighted by molar-refractivity contribution is 4.84. The Morgan fingerprint density at radius 3 is 2.64 bits per heavy atom. The van der Waals surface area contributed by atoms with Gasteiger partial charge in [0.05, 0.1) is 0 Å². The molecular weight excluding hydrogens is 176 g/mol. The highest BCUT2D eigenvalue weighted by Gasteiger charge is 2.27. The van der Waals surface area contributed by atoms with Crippen LogP contribution in [0.5, 0.6) is 0 Å². The molecule has 0 heterocycles. The van der Waals surface area contributed by atoms with Crippen LogP contribution >= 0.6 is 0 Å². The second-order valence-electron chi connectivity index (χ2n) is 4.40. The summed E-state index contributed by atoms with van der Waals surface area (Å²) in [5.41, 5.74) is 8.19. The zero-order valence-electron chi connectivity index (χ0n) is 9.19. The summed E-state index contributed by atoms with van der Waals surface area (Å²) in [6.07, 6.45) is 3.90. The van der Waals surface area contributed by atoms with Gasteiger partial charge in [-0.15, -0.1) is 0 Å². The predicted octanol–water partition coefficient (Wildman–Crippen LogP) is 2.81. The maximum Gasteiger partial charge on any atom is 0.0385 e. The van der Waals surface area contributed by atoms with Crippen LogP contribution in [0.3, 0.4) is 0 Å². The van der Waals surface area contributed by atoms with E-state index in [2.05, 4.69) is 28.8 Å². The van der Waals surface area contributed by atoms with Crippen molar-refractivity contribution in [3.8, 4) is 0 Å². The van der Waals surface area contributed by atoms with Gasteiger partial charge < -0.3 is 4.90 Å². The molecule has 0 N–H and O–H groups in total. The van der Waals surface area contributed by atoms with Gasteiger partial charge in [-0.25, -0.2) is 0 Å². The van der Waals surface area contributed by atoms with Gasteiger partial charge in [-0.2, -0.15) is 0 Å². The minimum Gasteiger partial charge on any atom is -0.300 e. The fraction of sp³-hybridized carbons (Fsp3) is 1.00. The first-order chi connectivity index (χ1) is 6.74. The van der Waals surface area contributed by atoms with Crippen molar-refractivity contribution in [3.63, 3.8) is 0 Å². The van der Waals surface area contributed by atoms with Gasteiger partial charge in [0, 0.05) is 24.0 Å². The van der Waals surface area contributed by atoms with E-state index in [1.807, 2.05) is 0 Å². The average Bonchev–Trinajstić information content (AvgIpc) is 2.94. The summed E-state index contributed by atoms with van der Waals surface area (Å²) in [4.78, 5) is 5.25. The quantitative estimate of drug-likeness (QED) is 0.351. The molecule has 1 saturated carbocycles. The number of azide groups is 1. The van der Waals surface area contributed by atoms with E-state index in [1.165, 1.54) is 19.3 Å². The maximum absolute atomic E-state index is 8.19. The first-order valence-corrected chi connectivity index (χ1v) is 5.49. The first-order valence-electron chi connectivity index (χ1n) is 5.49. The molecule has 0 amide bonds. The summed E-state index contributed by atoms with van der Waals surface area (Å²) in [5, 5.41) is 3.59. The van der Waals surface area contributed by atoms with Crippen molar-refractivity contribution >= 4 is 0 Å². The SMILES string of the molecule is CC(C)CCN(CCN=[N+]=[N-])C1CC1. The molecule has 0 aromatic rings. The summed E-state index contributed by atoms with van der Waals surface area (Å²) in [6, 6.07) is 0.780. The lowest BCUT2D eigenvalue weighted by molar-refractivity contribution is 0.254. The fourth-order valence-electron chi connectivity index (χ4n) is 1.56. The lowest BCUT2D eigenvalue weighted by Gasteiger charge is -2.21. The minimum atomic E-state index is 0.616. The largest absolute Gasteiger partial charge is 0.300 e. The second-order valence-corrected chi connectivity index (χ2v) is 4.40. The average molecular weight is 196 g/mol. The topological polar surface area (TPSA) is 52.0 Å². The van der Waals surface area contributed by atoms with Gasteiger partial charge in [0.2, 0.25) is 0 Å². The Morgan fingerprint density at radius 2 is 2.14 bits per heavy atom. The molecule has 14 heavy (non-hydrogen) atoms. The number of nitrogens with zero attached hydrogens (tertiary/aromatic N) is 4. The van der Waals surface area contributed by atoms with E-state index in [1.54, 1.807) is 0 Å². The molecule has 0 atom stereocenters. The summed E-state index contributed by atoms with van der Waals surface area (Å²) >= 11 is 0. The van der Waals surface area contributed by atoms with Crippen LogP contribution in [0.15, 0.2) is 5.11 Å². The molecule has 1 rings (SSSR count). The van der Waals surface area contributed by atoms with Crippen molar-refractivity contribution in [2.24, 2.45) is 11.0 Å². The zero-order valence-corrected chi connectivity index (χ0v) is 9.19. The number of hydrogen-bond donors (Lipinski definition) is 0. The third kappa shape index (κ3) is 4.49. The van der Waals surface area contributed by atoms with Gasteiger partial charge in [0.25, 0.3) is 0 Å². The molecule has 0 aromatic heterocycles. The Labute approximate surface area is 85.9 Å². The molecule has 0 bridgehead atoms. The maximum atomic E-state index is 8.19. The van der Waals surface area contributed by atoms with Crippen LogP contribution < -0.4 is 0 Å². The summed E-state index contributed by atoms with van der Waals surface area (Å²) in [5.74, 6) is 0.760. The molecule has 1 fully saturated rings. The van der Waals surface area contributed by atoms with Crippen molar-refractivity contribution < 1.29 is 0 Å². The van der Waals surface area contributed by atoms with Gasteiger partial charge >= 0.3 is 0 Å². The Bertz CT molecular complexity index is 204. The Balaban J connectivity index is 2.20. The van der Waals surface area contributed by atoms with Gasteiger partial charge in [-0.05, 0) is 37.3 Å². The molecule has 0 aromatic carbocycles. The van der Waals surface area contributed by atoms with Crippen molar-refractivity contribution in [1.29, 1.82) is 0 Å². The van der Waals surface area contributed by atoms with Gasteiger partial charge in [0.1, 0.15) is 0 Å². The molecule has 0 saturated heterocycles. The normalized spacial score (nSPS) is 16.0. The molecule has 0 unspecified atom stereocenters. The second kappa shape index (κ2) is 5.89. The predicted molar refractivity (Wildman–Crippen MR) is 58.1 cm³/mol. The third-order valence-electron chi connectivity index (χ3n) is 2.61. The van der Waals surface area contributed by atoms with E-state index in [-0.39, 0.29) is 0 Å². The molecule has 4 nitrogen and oxygen atoms in total. The van der Waals surface area contributed by atoms with Crippen LogP contribution in [0.25, 0.3) is 10.4 Å². The van der Waals surface area contributed by atoms with Gasteiger partial charge in [0.15, 0.2) is 0 Å². The zero-order chi connectivity index (χ0) is 10.4. The molecule has 0 radical (unpaired) electrons. The first kappa shape index (κ1) is 11.3. The third-order valence-corrected chi connectivity index (χ3v) is 2.61. The highest BCUT2D eigenvalue weighted by Crippen LogP contribution is 2.27. The molecule has 0 aliphatic heterocycles. The van der Waals surface area contributed by atoms with E-state index in [0.29, 0.717) is 6.54 Å². The number of hydrogen-bond acceptors (Lipinski definition) is 2. The Kier molecular flexibility index (Phi) is 4.77. The van der Waals surface area contributed by atoms with E-state index < -0.39 is 0 Å². The van der Waals surface area contributed by atoms with Crippen LogP contribution in [0, 0.1) is 5.92 Å². The van der Waals surface area contributed by atoms with Crippen molar-refractivity contribution in [3.05, 3.63) is 10.4 Å². The molecule has 4 heteroatoms. The summed E-state index contributed by atoms with van der Waals surface area (Å²) < 4.78 is 0. The summed E-state index contributed by atoms with van der Waals surface area (Å²) in [7, 11) is 0. The van der Waals surface area contributed by atoms with Crippen LogP contribution in [0.2, 0.25) is 0 Å². The number of rotatable bonds is 7. The van der Waals surface area contributed by atoms with Crippen LogP contribution in [-0.2, 0) is 0 Å². The van der Waals surface area contributed by atoms with E-state index in [4.69, 9.17) is 5.53 Å². The molecule has 0 spiro atoms. The smallest absolute Gasteiger partial charge is 0.0385 e. The highest BCUT2D eigenvalue weighted by atomic mass is 15.2. The Hall–Kier alpha value is -0.730. The minimum absolute atomic E-state index is 0.616. The van der Waals surface area contributed by atoms with Crippen molar-refractivity contribution in [2.45, 2.75) is 39.2 Å². The van der Waals surface area contributed by atoms with Gasteiger partial charge in [-0.1, -0.05) is 19.0 Å². The standard InChI is InChI=1S/C10H20N4/c1-9(2)5-7-14(10-3-4-10)8-6-12-13-11/h9-10H,3-8H2,1-2H3. The summed E-state index contributed by atoms with van der Waals surface area (Å²) in [6.45, 7) is 7.20. The van der Waals surface area contributed by atoms with E-state index in [0.717, 1.165) is 25.0 Å². The lowest BCUT2D eigenvalue weighted by Crippen LogP contribution is -2.30. The molecular formula is C10H20N4. The van der Waals surface area contributed by atoms with Crippen LogP contribution in [-0.4, -0.2) is 30.6 Å². The lowest BCUT2D eigenvalue weighted by atomic mass is 10.1.